The zero-order valence-corrected chi connectivity index (χ0v) is 17.7. The van der Waals surface area contributed by atoms with Gasteiger partial charge in [0.1, 0.15) is 11.8 Å². The molecule has 1 aliphatic rings. The van der Waals surface area contributed by atoms with Gasteiger partial charge in [0.05, 0.1) is 29.6 Å². The van der Waals surface area contributed by atoms with E-state index in [1.165, 1.54) is 0 Å². The van der Waals surface area contributed by atoms with Crippen molar-refractivity contribution < 1.29 is 9.21 Å². The van der Waals surface area contributed by atoms with E-state index in [0.717, 1.165) is 21.9 Å². The second-order valence-corrected chi connectivity index (χ2v) is 8.47. The van der Waals surface area contributed by atoms with Gasteiger partial charge in [0, 0.05) is 37.8 Å². The Labute approximate surface area is 174 Å². The van der Waals surface area contributed by atoms with E-state index in [-0.39, 0.29) is 24.5 Å². The quantitative estimate of drug-likeness (QED) is 0.595. The molecular formula is C21H25N5O2S. The molecule has 3 aromatic heterocycles. The molecule has 1 aliphatic heterocycles. The highest BCUT2D eigenvalue weighted by Crippen LogP contribution is 2.34. The van der Waals surface area contributed by atoms with Crippen molar-refractivity contribution in [3.8, 4) is 0 Å². The maximum Gasteiger partial charge on any atom is 0.257 e. The number of aryl methyl sites for hydroxylation is 1. The molecule has 1 atom stereocenters. The summed E-state index contributed by atoms with van der Waals surface area (Å²) in [5.41, 5.74) is 2.01. The Hall–Kier alpha value is -2.71. The van der Waals surface area contributed by atoms with Crippen LogP contribution >= 0.6 is 11.3 Å². The van der Waals surface area contributed by atoms with E-state index < -0.39 is 0 Å². The number of carbonyl (C=O) groups is 1. The van der Waals surface area contributed by atoms with Crippen molar-refractivity contribution in [1.82, 2.24) is 19.7 Å². The molecule has 8 heteroatoms. The average Bonchev–Trinajstić information content (AvgIpc) is 3.46. The first-order valence-corrected chi connectivity index (χ1v) is 10.6. The minimum Gasteiger partial charge on any atom is -0.467 e. The van der Waals surface area contributed by atoms with Crippen LogP contribution in [0, 0.1) is 0 Å². The van der Waals surface area contributed by atoms with Crippen molar-refractivity contribution in [1.29, 1.82) is 0 Å². The predicted octanol–water partition coefficient (Wildman–Crippen LogP) is 3.66. The predicted molar refractivity (Wildman–Crippen MR) is 113 cm³/mol. The molecule has 0 fully saturated rings. The summed E-state index contributed by atoms with van der Waals surface area (Å²) in [5.74, 6) is 0.729. The molecule has 0 saturated heterocycles. The smallest absolute Gasteiger partial charge is 0.257 e. The third-order valence-electron chi connectivity index (χ3n) is 5.06. The molecule has 3 aromatic rings. The molecule has 0 aromatic carbocycles. The van der Waals surface area contributed by atoms with Crippen molar-refractivity contribution in [3.63, 3.8) is 0 Å². The van der Waals surface area contributed by atoms with Crippen molar-refractivity contribution >= 4 is 23.0 Å². The van der Waals surface area contributed by atoms with E-state index in [1.54, 1.807) is 27.3 Å². The van der Waals surface area contributed by atoms with Crippen LogP contribution in [0.25, 0.3) is 0 Å². The fourth-order valence-electron chi connectivity index (χ4n) is 3.49. The number of hydrogen-bond acceptors (Lipinski definition) is 6. The van der Waals surface area contributed by atoms with Crippen LogP contribution in [0.1, 0.15) is 42.5 Å². The maximum absolute atomic E-state index is 13.3. The summed E-state index contributed by atoms with van der Waals surface area (Å²) >= 11 is 1.64. The standard InChI is InChI=1S/C21H25N5O2S/c1-15(2)25(13-16-11-22-24(3)12-16)14-21(27)26-18(19-6-4-8-28-19)10-17(23-26)20-7-5-9-29-20/h4-9,11-12,15,18H,10,13-14H2,1-3H3. The zero-order chi connectivity index (χ0) is 20.4. The van der Waals surface area contributed by atoms with Crippen LogP contribution in [0.5, 0.6) is 0 Å². The molecule has 29 heavy (non-hydrogen) atoms. The number of thiophene rings is 1. The minimum absolute atomic E-state index is 0.0319. The average molecular weight is 412 g/mol. The molecule has 4 heterocycles. The SMILES string of the molecule is CC(C)N(CC(=O)N1N=C(c2cccs2)CC1c1ccco1)Cc1cnn(C)c1. The Morgan fingerprint density at radius 1 is 1.38 bits per heavy atom. The Bertz CT molecular complexity index is 975. The van der Waals surface area contributed by atoms with Gasteiger partial charge >= 0.3 is 0 Å². The van der Waals surface area contributed by atoms with E-state index in [4.69, 9.17) is 9.52 Å². The number of carbonyl (C=O) groups excluding carboxylic acids is 1. The largest absolute Gasteiger partial charge is 0.467 e. The second kappa shape index (κ2) is 8.34. The van der Waals surface area contributed by atoms with Crippen LogP contribution in [0.4, 0.5) is 0 Å². The Kier molecular flexibility index (Phi) is 5.64. The molecule has 0 N–H and O–H groups in total. The molecule has 0 saturated carbocycles. The molecule has 1 unspecified atom stereocenters. The lowest BCUT2D eigenvalue weighted by Crippen LogP contribution is -2.41. The third-order valence-corrected chi connectivity index (χ3v) is 5.97. The summed E-state index contributed by atoms with van der Waals surface area (Å²) in [6.45, 7) is 5.14. The Balaban J connectivity index is 1.54. The number of rotatable bonds is 7. The molecule has 7 nitrogen and oxygen atoms in total. The number of amides is 1. The molecule has 0 spiro atoms. The maximum atomic E-state index is 13.3. The number of furan rings is 1. The Morgan fingerprint density at radius 2 is 2.24 bits per heavy atom. The van der Waals surface area contributed by atoms with Gasteiger partial charge in [-0.2, -0.15) is 10.2 Å². The van der Waals surface area contributed by atoms with Crippen LogP contribution in [0.15, 0.2) is 57.8 Å². The zero-order valence-electron chi connectivity index (χ0n) is 16.9. The highest BCUT2D eigenvalue weighted by atomic mass is 32.1. The van der Waals surface area contributed by atoms with E-state index >= 15 is 0 Å². The van der Waals surface area contributed by atoms with Crippen LogP contribution in [0.3, 0.4) is 0 Å². The number of hydrogen-bond donors (Lipinski definition) is 0. The first-order chi connectivity index (χ1) is 14.0. The van der Waals surface area contributed by atoms with E-state index in [2.05, 4.69) is 23.8 Å². The summed E-state index contributed by atoms with van der Waals surface area (Å²) < 4.78 is 7.40. The summed E-state index contributed by atoms with van der Waals surface area (Å²) in [4.78, 5) is 16.5. The molecule has 0 radical (unpaired) electrons. The fourth-order valence-corrected chi connectivity index (χ4v) is 4.21. The van der Waals surface area contributed by atoms with Crippen LogP contribution < -0.4 is 0 Å². The number of nitrogens with zero attached hydrogens (tertiary/aromatic N) is 5. The number of hydrazone groups is 1. The summed E-state index contributed by atoms with van der Waals surface area (Å²) in [6.07, 6.45) is 6.12. The highest BCUT2D eigenvalue weighted by molar-refractivity contribution is 7.12. The third kappa shape index (κ3) is 4.33. The van der Waals surface area contributed by atoms with Gasteiger partial charge in [0.2, 0.25) is 0 Å². The van der Waals surface area contributed by atoms with Crippen molar-refractivity contribution in [2.45, 2.75) is 38.9 Å². The summed E-state index contributed by atoms with van der Waals surface area (Å²) in [5, 5.41) is 12.6. The van der Waals surface area contributed by atoms with Crippen molar-refractivity contribution in [3.05, 3.63) is 64.5 Å². The Morgan fingerprint density at radius 3 is 2.86 bits per heavy atom. The monoisotopic (exact) mass is 411 g/mol. The van der Waals surface area contributed by atoms with Crippen LogP contribution in [-0.4, -0.2) is 43.9 Å². The van der Waals surface area contributed by atoms with Crippen molar-refractivity contribution in [2.75, 3.05) is 6.54 Å². The normalized spacial score (nSPS) is 16.8. The lowest BCUT2D eigenvalue weighted by molar-refractivity contribution is -0.135. The molecule has 0 bridgehead atoms. The van der Waals surface area contributed by atoms with Gasteiger partial charge in [-0.15, -0.1) is 11.3 Å². The topological polar surface area (TPSA) is 66.9 Å². The molecule has 0 aliphatic carbocycles. The van der Waals surface area contributed by atoms with Crippen LogP contribution in [-0.2, 0) is 18.4 Å². The number of aromatic nitrogens is 2. The van der Waals surface area contributed by atoms with Gasteiger partial charge in [-0.25, -0.2) is 5.01 Å². The van der Waals surface area contributed by atoms with E-state index in [0.29, 0.717) is 13.0 Å². The molecule has 1 amide bonds. The second-order valence-electron chi connectivity index (χ2n) is 7.52. The van der Waals surface area contributed by atoms with Crippen molar-refractivity contribution in [2.24, 2.45) is 12.1 Å². The fraction of sp³-hybridized carbons (Fsp3) is 0.381. The van der Waals surface area contributed by atoms with Gasteiger partial charge in [-0.1, -0.05) is 6.07 Å². The highest BCUT2D eigenvalue weighted by Gasteiger charge is 2.35. The molecule has 4 rings (SSSR count). The van der Waals surface area contributed by atoms with Gasteiger partial charge in [-0.3, -0.25) is 14.4 Å². The summed E-state index contributed by atoms with van der Waals surface area (Å²) in [7, 11) is 1.90. The van der Waals surface area contributed by atoms with Gasteiger partial charge in [0.15, 0.2) is 0 Å². The first kappa shape index (κ1) is 19.6. The first-order valence-electron chi connectivity index (χ1n) is 9.69. The molecule has 152 valence electrons. The minimum atomic E-state index is -0.206. The lowest BCUT2D eigenvalue weighted by Gasteiger charge is -2.28. The summed E-state index contributed by atoms with van der Waals surface area (Å²) in [6, 6.07) is 7.81. The lowest BCUT2D eigenvalue weighted by atomic mass is 10.1. The van der Waals surface area contributed by atoms with E-state index in [1.807, 2.05) is 49.1 Å². The van der Waals surface area contributed by atoms with Gasteiger partial charge in [0.25, 0.3) is 5.91 Å². The van der Waals surface area contributed by atoms with Gasteiger partial charge < -0.3 is 4.42 Å². The molecular weight excluding hydrogens is 386 g/mol. The van der Waals surface area contributed by atoms with Crippen LogP contribution in [0.2, 0.25) is 0 Å². The van der Waals surface area contributed by atoms with Gasteiger partial charge in [-0.05, 0) is 37.4 Å². The van der Waals surface area contributed by atoms with E-state index in [9.17, 15) is 4.79 Å².